The number of nitrogens with zero attached hydrogens (tertiary/aromatic N) is 2. The van der Waals surface area contributed by atoms with Crippen molar-refractivity contribution in [3.8, 4) is 11.4 Å². The quantitative estimate of drug-likeness (QED) is 0.667. The van der Waals surface area contributed by atoms with Gasteiger partial charge in [-0.25, -0.2) is 4.98 Å². The molecule has 0 bridgehead atoms. The molecule has 0 unspecified atom stereocenters. The first-order chi connectivity index (χ1) is 8.25. The third-order valence-electron chi connectivity index (χ3n) is 2.69. The van der Waals surface area contributed by atoms with Crippen LogP contribution in [0.4, 0.5) is 5.69 Å². The lowest BCUT2D eigenvalue weighted by atomic mass is 10.2. The maximum Gasteiger partial charge on any atom is 0.144 e. The number of fused-ring (bicyclic) bond motifs is 1. The first-order valence-electron chi connectivity index (χ1n) is 5.23. The summed E-state index contributed by atoms with van der Waals surface area (Å²) >= 11 is 5.91. The molecule has 2 heterocycles. The van der Waals surface area contributed by atoms with Gasteiger partial charge in [0.05, 0.1) is 22.4 Å². The summed E-state index contributed by atoms with van der Waals surface area (Å²) < 4.78 is 2.02. The second kappa shape index (κ2) is 3.79. The van der Waals surface area contributed by atoms with Crippen molar-refractivity contribution in [1.29, 1.82) is 0 Å². The van der Waals surface area contributed by atoms with Crippen LogP contribution in [0.15, 0.2) is 48.8 Å². The maximum absolute atomic E-state index is 5.91. The fourth-order valence-corrected chi connectivity index (χ4v) is 1.96. The predicted octanol–water partition coefficient (Wildman–Crippen LogP) is 3.24. The fourth-order valence-electron chi connectivity index (χ4n) is 1.84. The summed E-state index contributed by atoms with van der Waals surface area (Å²) in [4.78, 5) is 4.40. The van der Waals surface area contributed by atoms with Crippen LogP contribution in [0, 0.1) is 0 Å². The van der Waals surface area contributed by atoms with E-state index >= 15 is 0 Å². The number of pyridine rings is 1. The van der Waals surface area contributed by atoms with Gasteiger partial charge in [-0.1, -0.05) is 17.7 Å². The minimum absolute atomic E-state index is 0.564. The van der Waals surface area contributed by atoms with Gasteiger partial charge in [-0.05, 0) is 30.3 Å². The Morgan fingerprint density at radius 2 is 2.06 bits per heavy atom. The molecule has 1 aromatic carbocycles. The maximum atomic E-state index is 5.91. The summed E-state index contributed by atoms with van der Waals surface area (Å²) in [6, 6.07) is 11.5. The van der Waals surface area contributed by atoms with Crippen LogP contribution in [0.2, 0.25) is 5.02 Å². The number of hydrogen-bond donors (Lipinski definition) is 1. The lowest BCUT2D eigenvalue weighted by Gasteiger charge is -2.03. The van der Waals surface area contributed by atoms with E-state index in [0.717, 1.165) is 16.9 Å². The fraction of sp³-hybridized carbons (Fsp3) is 0. The summed E-state index contributed by atoms with van der Waals surface area (Å²) in [6.45, 7) is 0. The third kappa shape index (κ3) is 1.65. The van der Waals surface area contributed by atoms with Gasteiger partial charge >= 0.3 is 0 Å². The number of nitrogen functional groups attached to an aromatic ring is 1. The molecule has 0 saturated heterocycles. The van der Waals surface area contributed by atoms with E-state index in [2.05, 4.69) is 4.98 Å². The van der Waals surface area contributed by atoms with Gasteiger partial charge in [0, 0.05) is 11.8 Å². The summed E-state index contributed by atoms with van der Waals surface area (Å²) in [5, 5.41) is 0.564. The summed E-state index contributed by atoms with van der Waals surface area (Å²) in [5.74, 6) is 0.865. The topological polar surface area (TPSA) is 43.3 Å². The predicted molar refractivity (Wildman–Crippen MR) is 70.1 cm³/mol. The molecule has 0 spiro atoms. The van der Waals surface area contributed by atoms with E-state index in [1.807, 2.05) is 47.1 Å². The second-order valence-corrected chi connectivity index (χ2v) is 4.22. The van der Waals surface area contributed by atoms with Crippen LogP contribution in [0.25, 0.3) is 16.9 Å². The third-order valence-corrected chi connectivity index (χ3v) is 3.04. The zero-order chi connectivity index (χ0) is 11.8. The molecule has 17 heavy (non-hydrogen) atoms. The molecular formula is C13H10ClN3. The molecule has 3 aromatic rings. The summed E-state index contributed by atoms with van der Waals surface area (Å²) in [6.07, 6.45) is 3.81. The molecule has 0 aliphatic heterocycles. The SMILES string of the molecule is Nc1cc(-c2ncc3ccccn23)ccc1Cl. The Bertz CT molecular complexity index is 688. The van der Waals surface area contributed by atoms with Crippen LogP contribution in [-0.2, 0) is 0 Å². The average molecular weight is 244 g/mol. The van der Waals surface area contributed by atoms with Gasteiger partial charge in [0.25, 0.3) is 0 Å². The lowest BCUT2D eigenvalue weighted by Crippen LogP contribution is -1.91. The van der Waals surface area contributed by atoms with E-state index in [-0.39, 0.29) is 0 Å². The van der Waals surface area contributed by atoms with Crippen molar-refractivity contribution >= 4 is 22.8 Å². The van der Waals surface area contributed by atoms with Crippen molar-refractivity contribution in [2.24, 2.45) is 0 Å². The van der Waals surface area contributed by atoms with Gasteiger partial charge < -0.3 is 5.73 Å². The first-order valence-corrected chi connectivity index (χ1v) is 5.61. The molecular weight excluding hydrogens is 234 g/mol. The van der Waals surface area contributed by atoms with Gasteiger partial charge in [-0.2, -0.15) is 0 Å². The van der Waals surface area contributed by atoms with Crippen molar-refractivity contribution in [2.75, 3.05) is 5.73 Å². The summed E-state index contributed by atoms with van der Waals surface area (Å²) in [7, 11) is 0. The minimum Gasteiger partial charge on any atom is -0.398 e. The zero-order valence-corrected chi connectivity index (χ0v) is 9.72. The van der Waals surface area contributed by atoms with E-state index < -0.39 is 0 Å². The Morgan fingerprint density at radius 1 is 1.18 bits per heavy atom. The lowest BCUT2D eigenvalue weighted by molar-refractivity contribution is 1.16. The van der Waals surface area contributed by atoms with E-state index in [1.165, 1.54) is 0 Å². The number of anilines is 1. The number of imidazole rings is 1. The highest BCUT2D eigenvalue weighted by Gasteiger charge is 2.07. The van der Waals surface area contributed by atoms with E-state index in [0.29, 0.717) is 10.7 Å². The van der Waals surface area contributed by atoms with Crippen molar-refractivity contribution in [2.45, 2.75) is 0 Å². The van der Waals surface area contributed by atoms with Gasteiger partial charge in [0.15, 0.2) is 0 Å². The molecule has 0 aliphatic carbocycles. The first kappa shape index (κ1) is 10.2. The Hall–Kier alpha value is -2.00. The van der Waals surface area contributed by atoms with Crippen molar-refractivity contribution in [3.05, 3.63) is 53.8 Å². The van der Waals surface area contributed by atoms with Crippen LogP contribution in [0.1, 0.15) is 0 Å². The van der Waals surface area contributed by atoms with Crippen LogP contribution < -0.4 is 5.73 Å². The van der Waals surface area contributed by atoms with Crippen molar-refractivity contribution in [1.82, 2.24) is 9.38 Å². The molecule has 84 valence electrons. The van der Waals surface area contributed by atoms with Gasteiger partial charge in [0.1, 0.15) is 5.82 Å². The van der Waals surface area contributed by atoms with Crippen LogP contribution in [-0.4, -0.2) is 9.38 Å². The van der Waals surface area contributed by atoms with E-state index in [1.54, 1.807) is 6.07 Å². The molecule has 0 atom stereocenters. The average Bonchev–Trinajstić information content (AvgIpc) is 2.76. The van der Waals surface area contributed by atoms with Crippen LogP contribution >= 0.6 is 11.6 Å². The molecule has 0 radical (unpaired) electrons. The minimum atomic E-state index is 0.564. The molecule has 0 amide bonds. The Morgan fingerprint density at radius 3 is 2.88 bits per heavy atom. The molecule has 2 N–H and O–H groups in total. The smallest absolute Gasteiger partial charge is 0.144 e. The highest BCUT2D eigenvalue weighted by molar-refractivity contribution is 6.33. The molecule has 0 aliphatic rings. The van der Waals surface area contributed by atoms with Crippen molar-refractivity contribution in [3.63, 3.8) is 0 Å². The Labute approximate surface area is 103 Å². The van der Waals surface area contributed by atoms with Crippen LogP contribution in [0.3, 0.4) is 0 Å². The van der Waals surface area contributed by atoms with Gasteiger partial charge in [-0.3, -0.25) is 4.40 Å². The number of benzene rings is 1. The Balaban J connectivity index is 2.24. The van der Waals surface area contributed by atoms with Gasteiger partial charge in [-0.15, -0.1) is 0 Å². The molecule has 0 fully saturated rings. The second-order valence-electron chi connectivity index (χ2n) is 3.81. The molecule has 2 aromatic heterocycles. The van der Waals surface area contributed by atoms with Crippen molar-refractivity contribution < 1.29 is 0 Å². The largest absolute Gasteiger partial charge is 0.398 e. The zero-order valence-electron chi connectivity index (χ0n) is 8.97. The van der Waals surface area contributed by atoms with E-state index in [9.17, 15) is 0 Å². The number of halogens is 1. The van der Waals surface area contributed by atoms with Crippen LogP contribution in [0.5, 0.6) is 0 Å². The molecule has 3 rings (SSSR count). The number of rotatable bonds is 1. The normalized spacial score (nSPS) is 10.9. The molecule has 0 saturated carbocycles. The molecule has 4 heteroatoms. The summed E-state index contributed by atoms with van der Waals surface area (Å²) in [5.41, 5.74) is 8.38. The molecule has 3 nitrogen and oxygen atoms in total. The van der Waals surface area contributed by atoms with E-state index in [4.69, 9.17) is 17.3 Å². The Kier molecular flexibility index (Phi) is 2.27. The standard InChI is InChI=1S/C13H10ClN3/c14-11-5-4-9(7-12(11)15)13-16-8-10-3-1-2-6-17(10)13/h1-8H,15H2. The number of hydrogen-bond acceptors (Lipinski definition) is 2. The van der Waals surface area contributed by atoms with Gasteiger partial charge in [0.2, 0.25) is 0 Å². The number of nitrogens with two attached hydrogens (primary N) is 1. The monoisotopic (exact) mass is 243 g/mol. The number of aromatic nitrogens is 2. The highest BCUT2D eigenvalue weighted by atomic mass is 35.5. The highest BCUT2D eigenvalue weighted by Crippen LogP contribution is 2.26.